The Morgan fingerprint density at radius 3 is 2.81 bits per heavy atom. The molecule has 1 amide bonds. The van der Waals surface area contributed by atoms with Crippen LogP contribution in [0, 0.1) is 17.0 Å². The predicted octanol–water partition coefficient (Wildman–Crippen LogP) is 3.97. The highest BCUT2D eigenvalue weighted by Gasteiger charge is 2.16. The normalized spacial score (nSPS) is 10.2. The molecule has 0 saturated heterocycles. The summed E-state index contributed by atoms with van der Waals surface area (Å²) < 4.78 is 0.305. The molecule has 1 N–H and O–H groups in total. The van der Waals surface area contributed by atoms with E-state index in [0.29, 0.717) is 10.2 Å². The summed E-state index contributed by atoms with van der Waals surface area (Å²) >= 11 is 8.96. The Labute approximate surface area is 133 Å². The topological polar surface area (TPSA) is 85.1 Å². The van der Waals surface area contributed by atoms with Crippen molar-refractivity contribution in [3.05, 3.63) is 61.3 Å². The van der Waals surface area contributed by atoms with E-state index < -0.39 is 10.8 Å². The zero-order valence-corrected chi connectivity index (χ0v) is 13.1. The van der Waals surface area contributed by atoms with Gasteiger partial charge in [-0.25, -0.2) is 4.98 Å². The van der Waals surface area contributed by atoms with Gasteiger partial charge in [0.1, 0.15) is 0 Å². The third kappa shape index (κ3) is 3.56. The molecule has 2 rings (SSSR count). The zero-order valence-electron chi connectivity index (χ0n) is 10.8. The number of nitrogens with zero attached hydrogens (tertiary/aromatic N) is 2. The molecule has 1 aromatic heterocycles. The summed E-state index contributed by atoms with van der Waals surface area (Å²) in [5.41, 5.74) is 1.15. The lowest BCUT2D eigenvalue weighted by Crippen LogP contribution is -2.13. The smallest absolute Gasteiger partial charge is 0.284 e. The van der Waals surface area contributed by atoms with E-state index in [-0.39, 0.29) is 16.4 Å². The maximum atomic E-state index is 12.1. The molecule has 0 aliphatic rings. The molecule has 0 aliphatic heterocycles. The zero-order chi connectivity index (χ0) is 15.6. The lowest BCUT2D eigenvalue weighted by molar-refractivity contribution is -0.385. The minimum absolute atomic E-state index is 0.153. The SMILES string of the molecule is Cc1cnc(Cl)c(NC(=O)c2ccc(Br)c([N+](=O)[O-])c2)c1. The third-order valence-electron chi connectivity index (χ3n) is 2.63. The van der Waals surface area contributed by atoms with E-state index in [2.05, 4.69) is 26.2 Å². The number of aryl methyl sites for hydroxylation is 1. The minimum Gasteiger partial charge on any atom is -0.319 e. The van der Waals surface area contributed by atoms with Crippen LogP contribution in [0.1, 0.15) is 15.9 Å². The Hall–Kier alpha value is -1.99. The summed E-state index contributed by atoms with van der Waals surface area (Å²) in [6.07, 6.45) is 1.57. The number of halogens is 2. The second-order valence-corrected chi connectivity index (χ2v) is 5.44. The van der Waals surface area contributed by atoms with Crippen molar-refractivity contribution in [2.75, 3.05) is 5.32 Å². The highest BCUT2D eigenvalue weighted by atomic mass is 79.9. The van der Waals surface area contributed by atoms with Gasteiger partial charge >= 0.3 is 0 Å². The van der Waals surface area contributed by atoms with Gasteiger partial charge in [0.2, 0.25) is 0 Å². The predicted molar refractivity (Wildman–Crippen MR) is 82.7 cm³/mol. The Morgan fingerprint density at radius 1 is 1.43 bits per heavy atom. The first-order valence-electron chi connectivity index (χ1n) is 5.76. The maximum Gasteiger partial charge on any atom is 0.284 e. The summed E-state index contributed by atoms with van der Waals surface area (Å²) in [4.78, 5) is 26.3. The summed E-state index contributed by atoms with van der Waals surface area (Å²) in [5.74, 6) is -0.500. The summed E-state index contributed by atoms with van der Waals surface area (Å²) in [7, 11) is 0. The molecule has 0 atom stereocenters. The van der Waals surface area contributed by atoms with Crippen LogP contribution in [0.4, 0.5) is 11.4 Å². The summed E-state index contributed by atoms with van der Waals surface area (Å²) in [6.45, 7) is 1.81. The Bertz CT molecular complexity index is 737. The first kappa shape index (κ1) is 15.4. The quantitative estimate of drug-likeness (QED) is 0.503. The number of anilines is 1. The Morgan fingerprint density at radius 2 is 2.14 bits per heavy atom. The number of amides is 1. The van der Waals surface area contributed by atoms with Crippen LogP contribution in [-0.2, 0) is 0 Å². The fourth-order valence-corrected chi connectivity index (χ4v) is 2.17. The summed E-state index contributed by atoms with van der Waals surface area (Å²) in [5, 5.41) is 13.6. The molecule has 0 fully saturated rings. The van der Waals surface area contributed by atoms with Crippen LogP contribution < -0.4 is 5.32 Å². The average molecular weight is 371 g/mol. The number of hydrogen-bond acceptors (Lipinski definition) is 4. The molecule has 1 heterocycles. The monoisotopic (exact) mass is 369 g/mol. The first-order valence-corrected chi connectivity index (χ1v) is 6.93. The van der Waals surface area contributed by atoms with Crippen molar-refractivity contribution in [3.63, 3.8) is 0 Å². The van der Waals surface area contributed by atoms with Crippen LogP contribution in [0.15, 0.2) is 34.9 Å². The highest BCUT2D eigenvalue weighted by Crippen LogP contribution is 2.26. The third-order valence-corrected chi connectivity index (χ3v) is 3.60. The first-order chi connectivity index (χ1) is 9.88. The second kappa shape index (κ2) is 6.19. The van der Waals surface area contributed by atoms with Crippen molar-refractivity contribution in [1.82, 2.24) is 4.98 Å². The van der Waals surface area contributed by atoms with Crippen LogP contribution in [0.3, 0.4) is 0 Å². The van der Waals surface area contributed by atoms with Crippen molar-refractivity contribution in [2.24, 2.45) is 0 Å². The van der Waals surface area contributed by atoms with Crippen LogP contribution in [-0.4, -0.2) is 15.8 Å². The van der Waals surface area contributed by atoms with E-state index in [9.17, 15) is 14.9 Å². The van der Waals surface area contributed by atoms with Gasteiger partial charge in [0.15, 0.2) is 5.15 Å². The number of rotatable bonds is 3. The molecule has 2 aromatic rings. The molecule has 21 heavy (non-hydrogen) atoms. The van der Waals surface area contributed by atoms with Crippen LogP contribution >= 0.6 is 27.5 Å². The maximum absolute atomic E-state index is 12.1. The molecular weight excluding hydrogens is 362 g/mol. The number of carbonyl (C=O) groups excluding carboxylic acids is 1. The molecule has 0 radical (unpaired) electrons. The molecular formula is C13H9BrClN3O3. The molecule has 0 unspecified atom stereocenters. The van der Waals surface area contributed by atoms with E-state index >= 15 is 0 Å². The molecule has 0 spiro atoms. The van der Waals surface area contributed by atoms with Gasteiger partial charge in [-0.1, -0.05) is 11.6 Å². The van der Waals surface area contributed by atoms with Gasteiger partial charge in [0, 0.05) is 17.8 Å². The molecule has 0 saturated carbocycles. The van der Waals surface area contributed by atoms with Crippen molar-refractivity contribution >= 4 is 44.8 Å². The lowest BCUT2D eigenvalue weighted by Gasteiger charge is -2.07. The number of hydrogen-bond donors (Lipinski definition) is 1. The highest BCUT2D eigenvalue weighted by molar-refractivity contribution is 9.10. The van der Waals surface area contributed by atoms with Crippen molar-refractivity contribution in [2.45, 2.75) is 6.92 Å². The molecule has 108 valence electrons. The van der Waals surface area contributed by atoms with Gasteiger partial charge in [-0.2, -0.15) is 0 Å². The van der Waals surface area contributed by atoms with Gasteiger partial charge in [-0.05, 0) is 46.6 Å². The molecule has 6 nitrogen and oxygen atoms in total. The average Bonchev–Trinajstić information content (AvgIpc) is 2.43. The van der Waals surface area contributed by atoms with Gasteiger partial charge in [0.05, 0.1) is 15.1 Å². The van der Waals surface area contributed by atoms with E-state index in [1.807, 2.05) is 6.92 Å². The molecule has 0 aliphatic carbocycles. The van der Waals surface area contributed by atoms with E-state index in [0.717, 1.165) is 5.56 Å². The minimum atomic E-state index is -0.567. The second-order valence-electron chi connectivity index (χ2n) is 4.23. The lowest BCUT2D eigenvalue weighted by atomic mass is 10.2. The van der Waals surface area contributed by atoms with Crippen LogP contribution in [0.25, 0.3) is 0 Å². The van der Waals surface area contributed by atoms with Crippen molar-refractivity contribution in [1.29, 1.82) is 0 Å². The van der Waals surface area contributed by atoms with E-state index in [4.69, 9.17) is 11.6 Å². The molecule has 1 aromatic carbocycles. The number of pyridine rings is 1. The number of nitro benzene ring substituents is 1. The fourth-order valence-electron chi connectivity index (χ4n) is 1.63. The number of nitrogens with one attached hydrogen (secondary N) is 1. The van der Waals surface area contributed by atoms with Crippen molar-refractivity contribution in [3.8, 4) is 0 Å². The van der Waals surface area contributed by atoms with E-state index in [1.165, 1.54) is 18.2 Å². The Kier molecular flexibility index (Phi) is 4.54. The molecule has 0 bridgehead atoms. The standard InChI is InChI=1S/C13H9BrClN3O3/c1-7-4-10(12(15)16-6-7)17-13(19)8-2-3-9(14)11(5-8)18(20)21/h2-6H,1H3,(H,17,19). The van der Waals surface area contributed by atoms with Gasteiger partial charge in [0.25, 0.3) is 11.6 Å². The molecule has 8 heteroatoms. The number of aromatic nitrogens is 1. The number of benzene rings is 1. The van der Waals surface area contributed by atoms with Gasteiger partial charge in [-0.15, -0.1) is 0 Å². The van der Waals surface area contributed by atoms with Crippen molar-refractivity contribution < 1.29 is 9.72 Å². The van der Waals surface area contributed by atoms with Gasteiger partial charge < -0.3 is 5.32 Å². The van der Waals surface area contributed by atoms with Gasteiger partial charge in [-0.3, -0.25) is 14.9 Å². The fraction of sp³-hybridized carbons (Fsp3) is 0.0769. The van der Waals surface area contributed by atoms with E-state index in [1.54, 1.807) is 12.3 Å². The van der Waals surface area contributed by atoms with Crippen LogP contribution in [0.2, 0.25) is 5.15 Å². The number of carbonyl (C=O) groups is 1. The van der Waals surface area contributed by atoms with Crippen LogP contribution in [0.5, 0.6) is 0 Å². The largest absolute Gasteiger partial charge is 0.319 e. The summed E-state index contributed by atoms with van der Waals surface area (Å²) in [6, 6.07) is 5.78. The Balaban J connectivity index is 2.30. The number of nitro groups is 1.